The smallest absolute Gasteiger partial charge is 0.108 e. The summed E-state index contributed by atoms with van der Waals surface area (Å²) < 4.78 is 2.26. The van der Waals surface area contributed by atoms with E-state index < -0.39 is 6.10 Å². The van der Waals surface area contributed by atoms with Gasteiger partial charge in [-0.05, 0) is 31.9 Å². The molecule has 0 saturated carbocycles. The van der Waals surface area contributed by atoms with E-state index in [9.17, 15) is 5.11 Å². The van der Waals surface area contributed by atoms with Crippen LogP contribution in [0, 0.1) is 12.8 Å². The largest absolute Gasteiger partial charge is 0.387 e. The van der Waals surface area contributed by atoms with Gasteiger partial charge in [0.15, 0.2) is 0 Å². The van der Waals surface area contributed by atoms with Crippen molar-refractivity contribution in [3.05, 3.63) is 53.6 Å². The molecule has 0 fully saturated rings. The number of aliphatic hydroxyl groups excluding tert-OH is 1. The Labute approximate surface area is 132 Å². The molecule has 0 amide bonds. The second kappa shape index (κ2) is 6.63. The second-order valence-corrected chi connectivity index (χ2v) is 6.55. The van der Waals surface area contributed by atoms with Crippen molar-refractivity contribution in [3.63, 3.8) is 0 Å². The van der Waals surface area contributed by atoms with E-state index in [0.29, 0.717) is 12.5 Å². The van der Waals surface area contributed by atoms with Crippen LogP contribution in [0.25, 0.3) is 0 Å². The van der Waals surface area contributed by atoms with Crippen molar-refractivity contribution < 1.29 is 5.11 Å². The van der Waals surface area contributed by atoms with Gasteiger partial charge in [-0.1, -0.05) is 29.8 Å². The van der Waals surface area contributed by atoms with Gasteiger partial charge in [-0.2, -0.15) is 0 Å². The molecule has 0 bridgehead atoms. The molecule has 1 aliphatic rings. The molecule has 118 valence electrons. The Morgan fingerprint density at radius 3 is 2.91 bits per heavy atom. The van der Waals surface area contributed by atoms with E-state index in [1.807, 2.05) is 18.3 Å². The summed E-state index contributed by atoms with van der Waals surface area (Å²) in [5.74, 6) is 1.84. The van der Waals surface area contributed by atoms with Gasteiger partial charge in [0, 0.05) is 38.4 Å². The minimum absolute atomic E-state index is 0.419. The van der Waals surface area contributed by atoms with Crippen LogP contribution in [0.3, 0.4) is 0 Å². The number of hydrogen-bond acceptors (Lipinski definition) is 3. The first kappa shape index (κ1) is 15.3. The van der Waals surface area contributed by atoms with Crippen LogP contribution in [-0.4, -0.2) is 39.7 Å². The Morgan fingerprint density at radius 2 is 2.14 bits per heavy atom. The standard InChI is InChI=1S/C18H25N3O/c1-14-3-6-16(7-4-14)17(22)13-20(2)11-15-5-8-18-19-9-10-21(18)12-15/h3-4,6-7,9-10,15,17,22H,5,8,11-13H2,1-2H3/t15-,17-/m1/s1. The highest BCUT2D eigenvalue weighted by molar-refractivity contribution is 5.23. The van der Waals surface area contributed by atoms with E-state index >= 15 is 0 Å². The second-order valence-electron chi connectivity index (χ2n) is 6.55. The third-order valence-electron chi connectivity index (χ3n) is 4.55. The zero-order chi connectivity index (χ0) is 15.5. The Balaban J connectivity index is 1.52. The molecule has 4 heteroatoms. The maximum atomic E-state index is 10.4. The number of nitrogens with zero attached hydrogens (tertiary/aromatic N) is 3. The highest BCUT2D eigenvalue weighted by Gasteiger charge is 2.21. The Hall–Kier alpha value is -1.65. The number of hydrogen-bond donors (Lipinski definition) is 1. The molecule has 1 aromatic carbocycles. The predicted molar refractivity (Wildman–Crippen MR) is 87.7 cm³/mol. The lowest BCUT2D eigenvalue weighted by Crippen LogP contribution is -2.33. The molecular weight excluding hydrogens is 274 g/mol. The lowest BCUT2D eigenvalue weighted by atomic mass is 9.98. The molecule has 1 N–H and O–H groups in total. The van der Waals surface area contributed by atoms with E-state index in [1.165, 1.54) is 17.8 Å². The summed E-state index contributed by atoms with van der Waals surface area (Å²) in [7, 11) is 2.10. The highest BCUT2D eigenvalue weighted by atomic mass is 16.3. The summed E-state index contributed by atoms with van der Waals surface area (Å²) in [6.07, 6.45) is 5.79. The van der Waals surface area contributed by atoms with Crippen LogP contribution in [0.2, 0.25) is 0 Å². The summed E-state index contributed by atoms with van der Waals surface area (Å²) in [4.78, 5) is 6.62. The molecule has 4 nitrogen and oxygen atoms in total. The average Bonchev–Trinajstić information content (AvgIpc) is 2.95. The number of benzene rings is 1. The number of likely N-dealkylation sites (N-methyl/N-ethyl adjacent to an activating group) is 1. The zero-order valence-electron chi connectivity index (χ0n) is 13.4. The van der Waals surface area contributed by atoms with Crippen LogP contribution >= 0.6 is 0 Å². The van der Waals surface area contributed by atoms with Crippen LogP contribution in [0.1, 0.15) is 29.5 Å². The van der Waals surface area contributed by atoms with Gasteiger partial charge in [0.2, 0.25) is 0 Å². The number of fused-ring (bicyclic) bond motifs is 1. The molecule has 0 saturated heterocycles. The molecule has 2 aromatic rings. The van der Waals surface area contributed by atoms with Crippen LogP contribution in [-0.2, 0) is 13.0 Å². The van der Waals surface area contributed by atoms with Crippen LogP contribution < -0.4 is 0 Å². The number of aromatic nitrogens is 2. The lowest BCUT2D eigenvalue weighted by Gasteiger charge is -2.29. The molecule has 2 atom stereocenters. The maximum Gasteiger partial charge on any atom is 0.108 e. The van der Waals surface area contributed by atoms with E-state index in [1.54, 1.807) is 0 Å². The Kier molecular flexibility index (Phi) is 4.60. The summed E-state index contributed by atoms with van der Waals surface area (Å²) in [6, 6.07) is 8.15. The fourth-order valence-electron chi connectivity index (χ4n) is 3.29. The number of imidazole rings is 1. The van der Waals surface area contributed by atoms with Crippen molar-refractivity contribution in [2.75, 3.05) is 20.1 Å². The van der Waals surface area contributed by atoms with Gasteiger partial charge in [0.25, 0.3) is 0 Å². The molecule has 0 radical (unpaired) electrons. The fraction of sp³-hybridized carbons (Fsp3) is 0.500. The van der Waals surface area contributed by atoms with Crippen molar-refractivity contribution in [3.8, 4) is 0 Å². The summed E-state index contributed by atoms with van der Waals surface area (Å²) >= 11 is 0. The molecule has 1 aromatic heterocycles. The first-order chi connectivity index (χ1) is 10.6. The molecule has 0 unspecified atom stereocenters. The van der Waals surface area contributed by atoms with Crippen molar-refractivity contribution >= 4 is 0 Å². The van der Waals surface area contributed by atoms with Gasteiger partial charge in [0.05, 0.1) is 6.10 Å². The fourth-order valence-corrected chi connectivity index (χ4v) is 3.29. The van der Waals surface area contributed by atoms with Gasteiger partial charge >= 0.3 is 0 Å². The average molecular weight is 299 g/mol. The third-order valence-corrected chi connectivity index (χ3v) is 4.55. The SMILES string of the molecule is Cc1ccc([C@H](O)CN(C)C[C@H]2CCc3nccn3C2)cc1. The van der Waals surface area contributed by atoms with E-state index in [4.69, 9.17) is 0 Å². The van der Waals surface area contributed by atoms with Crippen LogP contribution in [0.4, 0.5) is 0 Å². The topological polar surface area (TPSA) is 41.3 Å². The third kappa shape index (κ3) is 3.57. The van der Waals surface area contributed by atoms with Gasteiger partial charge in [-0.15, -0.1) is 0 Å². The Morgan fingerprint density at radius 1 is 1.36 bits per heavy atom. The van der Waals surface area contributed by atoms with Gasteiger partial charge in [-0.3, -0.25) is 0 Å². The number of aliphatic hydroxyl groups is 1. The van der Waals surface area contributed by atoms with Crippen molar-refractivity contribution in [2.45, 2.75) is 32.4 Å². The van der Waals surface area contributed by atoms with Crippen molar-refractivity contribution in [2.24, 2.45) is 5.92 Å². The molecule has 0 spiro atoms. The van der Waals surface area contributed by atoms with Crippen molar-refractivity contribution in [1.82, 2.24) is 14.5 Å². The molecular formula is C18H25N3O. The van der Waals surface area contributed by atoms with Gasteiger partial charge < -0.3 is 14.6 Å². The quantitative estimate of drug-likeness (QED) is 0.922. The number of rotatable bonds is 5. The number of aryl methyl sites for hydroxylation is 2. The molecule has 22 heavy (non-hydrogen) atoms. The summed E-state index contributed by atoms with van der Waals surface area (Å²) in [5.41, 5.74) is 2.22. The van der Waals surface area contributed by atoms with Gasteiger partial charge in [0.1, 0.15) is 5.82 Å². The first-order valence-corrected chi connectivity index (χ1v) is 8.05. The highest BCUT2D eigenvalue weighted by Crippen LogP contribution is 2.21. The lowest BCUT2D eigenvalue weighted by molar-refractivity contribution is 0.113. The van der Waals surface area contributed by atoms with Crippen LogP contribution in [0.15, 0.2) is 36.7 Å². The molecule has 1 aliphatic heterocycles. The van der Waals surface area contributed by atoms with Gasteiger partial charge in [-0.25, -0.2) is 4.98 Å². The molecule has 0 aliphatic carbocycles. The van der Waals surface area contributed by atoms with Crippen molar-refractivity contribution in [1.29, 1.82) is 0 Å². The molecule has 3 rings (SSSR count). The minimum atomic E-state index is -0.419. The first-order valence-electron chi connectivity index (χ1n) is 8.05. The monoisotopic (exact) mass is 299 g/mol. The van der Waals surface area contributed by atoms with E-state index in [2.05, 4.69) is 46.8 Å². The zero-order valence-corrected chi connectivity index (χ0v) is 13.4. The minimum Gasteiger partial charge on any atom is -0.387 e. The summed E-state index contributed by atoms with van der Waals surface area (Å²) in [5, 5.41) is 10.4. The van der Waals surface area contributed by atoms with Crippen LogP contribution in [0.5, 0.6) is 0 Å². The summed E-state index contributed by atoms with van der Waals surface area (Å²) in [6.45, 7) is 4.80. The molecule has 2 heterocycles. The van der Waals surface area contributed by atoms with E-state index in [-0.39, 0.29) is 0 Å². The predicted octanol–water partition coefficient (Wildman–Crippen LogP) is 2.42. The Bertz CT molecular complexity index is 605. The van der Waals surface area contributed by atoms with E-state index in [0.717, 1.165) is 25.1 Å². The maximum absolute atomic E-state index is 10.4. The normalized spacial score (nSPS) is 19.2.